The Hall–Kier alpha value is -0.800. The van der Waals surface area contributed by atoms with Gasteiger partial charge in [0.25, 0.3) is 0 Å². The van der Waals surface area contributed by atoms with Gasteiger partial charge in [-0.3, -0.25) is 4.90 Å². The highest BCUT2D eigenvalue weighted by Crippen LogP contribution is 2.34. The molecule has 1 aliphatic carbocycles. The molecule has 1 aromatic rings. The van der Waals surface area contributed by atoms with Crippen molar-refractivity contribution in [2.24, 2.45) is 5.73 Å². The maximum absolute atomic E-state index is 5.54. The smallest absolute Gasteiger partial charge is 0.108 e. The second kappa shape index (κ2) is 4.81. The van der Waals surface area contributed by atoms with E-state index in [-0.39, 0.29) is 0 Å². The number of hydrogen-bond acceptors (Lipinski definition) is 3. The minimum Gasteiger partial charge on any atom is -0.469 e. The third kappa shape index (κ3) is 2.24. The van der Waals surface area contributed by atoms with Crippen LogP contribution < -0.4 is 5.73 Å². The fourth-order valence-corrected chi connectivity index (χ4v) is 2.42. The third-order valence-corrected chi connectivity index (χ3v) is 3.27. The van der Waals surface area contributed by atoms with Crippen molar-refractivity contribution >= 4 is 0 Å². The molecule has 0 fully saturated rings. The highest BCUT2D eigenvalue weighted by Gasteiger charge is 2.25. The fraction of sp³-hybridized carbons (Fsp3) is 0.667. The van der Waals surface area contributed by atoms with Crippen LogP contribution in [0.3, 0.4) is 0 Å². The second-order valence-electron chi connectivity index (χ2n) is 4.33. The molecule has 2 rings (SSSR count). The lowest BCUT2D eigenvalue weighted by Crippen LogP contribution is -2.29. The highest BCUT2D eigenvalue weighted by molar-refractivity contribution is 5.24. The van der Waals surface area contributed by atoms with Crippen LogP contribution in [0, 0.1) is 0 Å². The maximum atomic E-state index is 5.54. The first-order valence-electron chi connectivity index (χ1n) is 5.79. The third-order valence-electron chi connectivity index (χ3n) is 3.27. The SMILES string of the molecule is CN(CCCN)C1CCCc2occc21. The summed E-state index contributed by atoms with van der Waals surface area (Å²) >= 11 is 0. The van der Waals surface area contributed by atoms with Crippen LogP contribution in [-0.4, -0.2) is 25.0 Å². The molecule has 3 nitrogen and oxygen atoms in total. The van der Waals surface area contributed by atoms with Gasteiger partial charge in [0.1, 0.15) is 5.76 Å². The molecule has 0 saturated heterocycles. The van der Waals surface area contributed by atoms with Gasteiger partial charge >= 0.3 is 0 Å². The summed E-state index contributed by atoms with van der Waals surface area (Å²) in [5.74, 6) is 1.19. The zero-order valence-electron chi connectivity index (χ0n) is 9.41. The Bertz CT molecular complexity index is 308. The first kappa shape index (κ1) is 10.7. The molecule has 1 atom stereocenters. The molecule has 0 spiro atoms. The van der Waals surface area contributed by atoms with Crippen molar-refractivity contribution in [2.75, 3.05) is 20.1 Å². The lowest BCUT2D eigenvalue weighted by molar-refractivity contribution is 0.215. The van der Waals surface area contributed by atoms with Crippen LogP contribution in [0.2, 0.25) is 0 Å². The van der Waals surface area contributed by atoms with Gasteiger partial charge in [-0.1, -0.05) is 0 Å². The number of aryl methyl sites for hydroxylation is 1. The van der Waals surface area contributed by atoms with Gasteiger partial charge in [-0.2, -0.15) is 0 Å². The Morgan fingerprint density at radius 3 is 3.27 bits per heavy atom. The molecule has 1 aliphatic rings. The van der Waals surface area contributed by atoms with Crippen molar-refractivity contribution in [1.29, 1.82) is 0 Å². The lowest BCUT2D eigenvalue weighted by atomic mass is 9.92. The molecule has 0 saturated carbocycles. The fourth-order valence-electron chi connectivity index (χ4n) is 2.42. The van der Waals surface area contributed by atoms with E-state index in [9.17, 15) is 0 Å². The standard InChI is InChI=1S/C12H20N2O/c1-14(8-3-7-13)11-4-2-5-12-10(11)6-9-15-12/h6,9,11H,2-5,7-8,13H2,1H3. The van der Waals surface area contributed by atoms with E-state index in [0.29, 0.717) is 6.04 Å². The summed E-state index contributed by atoms with van der Waals surface area (Å²) in [4.78, 5) is 2.40. The molecule has 0 aliphatic heterocycles. The van der Waals surface area contributed by atoms with Crippen molar-refractivity contribution in [3.05, 3.63) is 23.7 Å². The van der Waals surface area contributed by atoms with Crippen molar-refractivity contribution in [2.45, 2.75) is 31.7 Å². The average molecular weight is 208 g/mol. The summed E-state index contributed by atoms with van der Waals surface area (Å²) in [5.41, 5.74) is 6.93. The number of hydrogen-bond donors (Lipinski definition) is 1. The molecule has 3 heteroatoms. The van der Waals surface area contributed by atoms with Gasteiger partial charge in [0.05, 0.1) is 6.26 Å². The van der Waals surface area contributed by atoms with E-state index < -0.39 is 0 Å². The predicted molar refractivity (Wildman–Crippen MR) is 60.7 cm³/mol. The predicted octanol–water partition coefficient (Wildman–Crippen LogP) is 1.94. The zero-order valence-corrected chi connectivity index (χ0v) is 9.41. The Labute approximate surface area is 91.2 Å². The summed E-state index contributed by atoms with van der Waals surface area (Å²) in [6.07, 6.45) is 6.47. The molecule has 84 valence electrons. The number of nitrogens with two attached hydrogens (primary N) is 1. The van der Waals surface area contributed by atoms with Gasteiger partial charge in [-0.05, 0) is 45.5 Å². The van der Waals surface area contributed by atoms with E-state index in [1.807, 2.05) is 6.26 Å². The van der Waals surface area contributed by atoms with E-state index in [1.54, 1.807) is 0 Å². The van der Waals surface area contributed by atoms with E-state index in [0.717, 1.165) is 25.9 Å². The van der Waals surface area contributed by atoms with Crippen LogP contribution >= 0.6 is 0 Å². The van der Waals surface area contributed by atoms with E-state index in [1.165, 1.54) is 24.2 Å². The normalized spacial score (nSPS) is 20.6. The summed E-state index contributed by atoms with van der Waals surface area (Å²) in [6.45, 7) is 1.85. The Kier molecular flexibility index (Phi) is 3.44. The first-order valence-corrected chi connectivity index (χ1v) is 5.79. The number of furan rings is 1. The number of nitrogens with zero attached hydrogens (tertiary/aromatic N) is 1. The Balaban J connectivity index is 2.05. The summed E-state index contributed by atoms with van der Waals surface area (Å²) in [7, 11) is 2.18. The van der Waals surface area contributed by atoms with Crippen molar-refractivity contribution in [3.8, 4) is 0 Å². The van der Waals surface area contributed by atoms with E-state index >= 15 is 0 Å². The molecule has 1 aromatic heterocycles. The van der Waals surface area contributed by atoms with Crippen LogP contribution in [0.4, 0.5) is 0 Å². The second-order valence-corrected chi connectivity index (χ2v) is 4.33. The Morgan fingerprint density at radius 2 is 2.47 bits per heavy atom. The molecule has 0 aromatic carbocycles. The van der Waals surface area contributed by atoms with Crippen molar-refractivity contribution < 1.29 is 4.42 Å². The molecule has 15 heavy (non-hydrogen) atoms. The molecule has 2 N–H and O–H groups in total. The largest absolute Gasteiger partial charge is 0.469 e. The molecule has 1 unspecified atom stereocenters. The van der Waals surface area contributed by atoms with Crippen molar-refractivity contribution in [1.82, 2.24) is 4.90 Å². The van der Waals surface area contributed by atoms with Gasteiger partial charge in [0, 0.05) is 18.0 Å². The summed E-state index contributed by atoms with van der Waals surface area (Å²) in [6, 6.07) is 2.66. The minimum atomic E-state index is 0.541. The topological polar surface area (TPSA) is 42.4 Å². The van der Waals surface area contributed by atoms with Gasteiger partial charge in [-0.15, -0.1) is 0 Å². The summed E-state index contributed by atoms with van der Waals surface area (Å²) < 4.78 is 5.49. The van der Waals surface area contributed by atoms with Gasteiger partial charge in [0.15, 0.2) is 0 Å². The molecular weight excluding hydrogens is 188 g/mol. The van der Waals surface area contributed by atoms with Crippen LogP contribution in [0.25, 0.3) is 0 Å². The molecule has 1 heterocycles. The first-order chi connectivity index (χ1) is 7.33. The highest BCUT2D eigenvalue weighted by atomic mass is 16.3. The maximum Gasteiger partial charge on any atom is 0.108 e. The van der Waals surface area contributed by atoms with Crippen molar-refractivity contribution in [3.63, 3.8) is 0 Å². The monoisotopic (exact) mass is 208 g/mol. The molecule has 0 bridgehead atoms. The van der Waals surface area contributed by atoms with Gasteiger partial charge < -0.3 is 10.2 Å². The van der Waals surface area contributed by atoms with Gasteiger partial charge in [0.2, 0.25) is 0 Å². The van der Waals surface area contributed by atoms with Crippen LogP contribution in [-0.2, 0) is 6.42 Å². The van der Waals surface area contributed by atoms with E-state index in [2.05, 4.69) is 18.0 Å². The minimum absolute atomic E-state index is 0.541. The van der Waals surface area contributed by atoms with Crippen LogP contribution in [0.15, 0.2) is 16.7 Å². The quantitative estimate of drug-likeness (QED) is 0.822. The molecular formula is C12H20N2O. The molecule has 0 amide bonds. The van der Waals surface area contributed by atoms with E-state index in [4.69, 9.17) is 10.2 Å². The zero-order chi connectivity index (χ0) is 10.7. The lowest BCUT2D eigenvalue weighted by Gasteiger charge is -2.30. The number of rotatable bonds is 4. The molecule has 0 radical (unpaired) electrons. The van der Waals surface area contributed by atoms with Crippen LogP contribution in [0.1, 0.15) is 36.6 Å². The Morgan fingerprint density at radius 1 is 1.60 bits per heavy atom. The van der Waals surface area contributed by atoms with Crippen LogP contribution in [0.5, 0.6) is 0 Å². The number of fused-ring (bicyclic) bond motifs is 1. The summed E-state index contributed by atoms with van der Waals surface area (Å²) in [5, 5.41) is 0. The average Bonchev–Trinajstić information content (AvgIpc) is 2.73. The van der Waals surface area contributed by atoms with Gasteiger partial charge in [-0.25, -0.2) is 0 Å².